The Morgan fingerprint density at radius 2 is 0.887 bits per heavy atom. The van der Waals surface area contributed by atoms with Crippen LogP contribution < -0.4 is 46.2 Å². The summed E-state index contributed by atoms with van der Waals surface area (Å²) < 4.78 is 7.27. The van der Waals surface area contributed by atoms with E-state index >= 15 is 0 Å². The number of thioether (sulfide) groups is 1. The second-order valence-electron chi connectivity index (χ2n) is 21.1. The number of hydrogen-bond acceptors (Lipinski definition) is 6. The highest BCUT2D eigenvalue weighted by Crippen LogP contribution is 2.56. The van der Waals surface area contributed by atoms with Gasteiger partial charge in [-0.2, -0.15) is 0 Å². The van der Waals surface area contributed by atoms with Crippen molar-refractivity contribution < 1.29 is 4.74 Å². The first-order chi connectivity index (χ1) is 39.7. The standard InChI is InChI=1S/C72H50B2N4OS/c1-7-25-49(26-8-1)57-37-19-22-40-62(57)78-64-48-69-61(47-60(64)74-59-39-21-24-42-67(59)79-68-45-55(43-65(78)71(68)74)75(50-27-9-2-10-28-50)51-29-11-3-12-30-51)73-58-38-20-23-41-63(58)77(54-35-17-6-18-36-54)66-44-56(46-70(80-69)72(66)73)76(52-31-13-4-14-32-52)53-33-15-5-16-34-53/h1-48,61,69H. The summed E-state index contributed by atoms with van der Waals surface area (Å²) >= 11 is 2.02. The first kappa shape index (κ1) is 46.5. The quantitative estimate of drug-likeness (QED) is 0.133. The number of fused-ring (bicyclic) bond motifs is 8. The molecule has 0 spiro atoms. The first-order valence-corrected chi connectivity index (χ1v) is 28.5. The zero-order valence-corrected chi connectivity index (χ0v) is 44.4. The second-order valence-corrected chi connectivity index (χ2v) is 22.3. The molecule has 16 rings (SSSR count). The van der Waals surface area contributed by atoms with E-state index in [0.717, 1.165) is 73.8 Å². The zero-order valence-electron chi connectivity index (χ0n) is 43.6. The molecule has 8 heteroatoms. The van der Waals surface area contributed by atoms with Crippen LogP contribution in [0.1, 0.15) is 0 Å². The maximum atomic E-state index is 7.27. The lowest BCUT2D eigenvalue weighted by Gasteiger charge is -2.49. The molecule has 0 saturated heterocycles. The Morgan fingerprint density at radius 3 is 1.51 bits per heavy atom. The molecule has 5 aliphatic rings. The number of anilines is 11. The number of nitrogens with zero attached hydrogens (tertiary/aromatic N) is 4. The molecule has 80 heavy (non-hydrogen) atoms. The van der Waals surface area contributed by atoms with Crippen molar-refractivity contribution in [3.8, 4) is 22.6 Å². The Labute approximate surface area is 472 Å². The van der Waals surface area contributed by atoms with Gasteiger partial charge in [0.05, 0.1) is 11.4 Å². The molecule has 0 fully saturated rings. The van der Waals surface area contributed by atoms with E-state index in [1.807, 2.05) is 11.8 Å². The van der Waals surface area contributed by atoms with Crippen molar-refractivity contribution in [2.24, 2.45) is 0 Å². The van der Waals surface area contributed by atoms with E-state index < -0.39 is 0 Å². The highest BCUT2D eigenvalue weighted by Gasteiger charge is 2.52. The van der Waals surface area contributed by atoms with Gasteiger partial charge in [0, 0.05) is 78.7 Å². The van der Waals surface area contributed by atoms with Gasteiger partial charge in [0.1, 0.15) is 11.5 Å². The Bertz CT molecular complexity index is 4160. The monoisotopic (exact) mass is 1040 g/mol. The van der Waals surface area contributed by atoms with Crippen molar-refractivity contribution in [2.45, 2.75) is 16.0 Å². The number of benzene rings is 11. The van der Waals surface area contributed by atoms with Crippen molar-refractivity contribution in [3.05, 3.63) is 302 Å². The summed E-state index contributed by atoms with van der Waals surface area (Å²) in [6.45, 7) is -0.0521. The lowest BCUT2D eigenvalue weighted by molar-refractivity contribution is 0.487. The predicted molar refractivity (Wildman–Crippen MR) is 337 cm³/mol. The summed E-state index contributed by atoms with van der Waals surface area (Å²) in [5, 5.41) is 0.0587. The van der Waals surface area contributed by atoms with Gasteiger partial charge in [-0.05, 0) is 142 Å². The minimum Gasteiger partial charge on any atom is -0.458 e. The summed E-state index contributed by atoms with van der Waals surface area (Å²) in [6, 6.07) is 101. The highest BCUT2D eigenvalue weighted by molar-refractivity contribution is 8.00. The Balaban J connectivity index is 0.968. The van der Waals surface area contributed by atoms with Gasteiger partial charge in [-0.25, -0.2) is 0 Å². The molecule has 2 atom stereocenters. The van der Waals surface area contributed by atoms with E-state index in [2.05, 4.69) is 311 Å². The predicted octanol–water partition coefficient (Wildman–Crippen LogP) is 16.5. The third-order valence-electron chi connectivity index (χ3n) is 16.6. The molecule has 4 aliphatic heterocycles. The largest absolute Gasteiger partial charge is 0.458 e. The van der Waals surface area contributed by atoms with Gasteiger partial charge in [0.15, 0.2) is 0 Å². The molecule has 0 radical (unpaired) electrons. The van der Waals surface area contributed by atoms with Crippen LogP contribution in [0.15, 0.2) is 307 Å². The topological polar surface area (TPSA) is 22.2 Å². The second kappa shape index (κ2) is 19.1. The van der Waals surface area contributed by atoms with Crippen molar-refractivity contribution in [1.82, 2.24) is 0 Å². The molecule has 1 aliphatic carbocycles. The summed E-state index contributed by atoms with van der Waals surface area (Å²) in [7, 11) is 0. The maximum absolute atomic E-state index is 7.27. The minimum atomic E-state index is -0.105. The fourth-order valence-electron chi connectivity index (χ4n) is 13.4. The van der Waals surface area contributed by atoms with E-state index in [1.54, 1.807) is 0 Å². The lowest BCUT2D eigenvalue weighted by atomic mass is 9.28. The smallest absolute Gasteiger partial charge is 0.255 e. The summed E-state index contributed by atoms with van der Waals surface area (Å²) in [6.07, 6.45) is 5.36. The average molecular weight is 1040 g/mol. The fraction of sp³-hybridized carbons (Fsp3) is 0.0278. The van der Waals surface area contributed by atoms with Gasteiger partial charge in [-0.1, -0.05) is 182 Å². The minimum absolute atomic E-state index is 0.0531. The molecule has 2 unspecified atom stereocenters. The van der Waals surface area contributed by atoms with Crippen molar-refractivity contribution in [3.63, 3.8) is 0 Å². The third-order valence-corrected chi connectivity index (χ3v) is 18.0. The van der Waals surface area contributed by atoms with Gasteiger partial charge in [-0.15, -0.1) is 11.8 Å². The van der Waals surface area contributed by atoms with E-state index in [9.17, 15) is 0 Å². The molecule has 4 heterocycles. The summed E-state index contributed by atoms with van der Waals surface area (Å²) in [5.74, 6) is 1.86. The Kier molecular flexibility index (Phi) is 11.1. The van der Waals surface area contributed by atoms with Crippen LogP contribution in [-0.2, 0) is 0 Å². The number of hydrogen-bond donors (Lipinski definition) is 0. The van der Waals surface area contributed by atoms with Gasteiger partial charge in [-0.3, -0.25) is 0 Å². The molecule has 11 aromatic rings. The highest BCUT2D eigenvalue weighted by atomic mass is 32.2. The number of rotatable bonds is 9. The normalized spacial score (nSPS) is 15.8. The first-order valence-electron chi connectivity index (χ1n) is 27.6. The van der Waals surface area contributed by atoms with Crippen LogP contribution in [0, 0.1) is 0 Å². The van der Waals surface area contributed by atoms with Crippen LogP contribution in [0.2, 0.25) is 5.82 Å². The molecule has 0 N–H and O–H groups in total. The van der Waals surface area contributed by atoms with Gasteiger partial charge in [0.2, 0.25) is 6.71 Å². The molecular weight excluding hydrogens is 991 g/mol. The maximum Gasteiger partial charge on any atom is 0.255 e. The summed E-state index contributed by atoms with van der Waals surface area (Å²) in [5.41, 5.74) is 22.2. The molecule has 376 valence electrons. The van der Waals surface area contributed by atoms with Crippen LogP contribution in [0.25, 0.3) is 11.1 Å². The lowest BCUT2D eigenvalue weighted by Crippen LogP contribution is -2.59. The fourth-order valence-corrected chi connectivity index (χ4v) is 14.8. The van der Waals surface area contributed by atoms with Crippen LogP contribution in [0.3, 0.4) is 0 Å². The third kappa shape index (κ3) is 7.51. The van der Waals surface area contributed by atoms with Crippen molar-refractivity contribution in [2.75, 3.05) is 19.6 Å². The summed E-state index contributed by atoms with van der Waals surface area (Å²) in [4.78, 5) is 11.2. The molecule has 0 saturated carbocycles. The van der Waals surface area contributed by atoms with Crippen LogP contribution in [0.5, 0.6) is 11.5 Å². The van der Waals surface area contributed by atoms with E-state index in [4.69, 9.17) is 4.74 Å². The van der Waals surface area contributed by atoms with Gasteiger partial charge < -0.3 is 24.3 Å². The molecule has 5 nitrogen and oxygen atoms in total. The molecule has 0 amide bonds. The molecule has 0 bridgehead atoms. The van der Waals surface area contributed by atoms with E-state index in [-0.39, 0.29) is 24.5 Å². The van der Waals surface area contributed by atoms with Crippen LogP contribution >= 0.6 is 11.8 Å². The van der Waals surface area contributed by atoms with E-state index in [0.29, 0.717) is 0 Å². The Morgan fingerprint density at radius 1 is 0.388 bits per heavy atom. The number of allylic oxidation sites excluding steroid dienone is 2. The average Bonchev–Trinajstić information content (AvgIpc) is 3.71. The molecule has 0 aromatic heterocycles. The van der Waals surface area contributed by atoms with Crippen LogP contribution in [0.4, 0.5) is 62.6 Å². The van der Waals surface area contributed by atoms with Gasteiger partial charge >= 0.3 is 0 Å². The molecular formula is C72H50B2N4OS. The molecule has 11 aromatic carbocycles. The number of ether oxygens (including phenoxy) is 1. The van der Waals surface area contributed by atoms with Crippen molar-refractivity contribution in [1.29, 1.82) is 0 Å². The van der Waals surface area contributed by atoms with Crippen LogP contribution in [-0.4, -0.2) is 18.7 Å². The van der Waals surface area contributed by atoms with E-state index in [1.165, 1.54) is 49.3 Å². The SMILES string of the molecule is C1=C2B3c4ccccc4Oc4cc(N(c5ccccc5)c5ccccc5)cc(c43)N(c3ccccc3-c3ccccc3)C2=CC2Sc3cc(N(c4ccccc4)c4ccccc4)cc4c3B(c3ccccc3N4c3ccccc3)C12. The zero-order chi connectivity index (χ0) is 52.7. The number of para-hydroxylation sites is 8. The van der Waals surface area contributed by atoms with Gasteiger partial charge in [0.25, 0.3) is 6.71 Å². The van der Waals surface area contributed by atoms with Crippen molar-refractivity contribution >= 4 is 110 Å². The Hall–Kier alpha value is -9.62.